The smallest absolute Gasteiger partial charge is 0.223 e. The second-order valence-electron chi connectivity index (χ2n) is 5.68. The van der Waals surface area contributed by atoms with Gasteiger partial charge in [0.05, 0.1) is 11.0 Å². The summed E-state index contributed by atoms with van der Waals surface area (Å²) in [4.78, 5) is 16.4. The first kappa shape index (κ1) is 14.4. The highest BCUT2D eigenvalue weighted by Crippen LogP contribution is 2.28. The number of carbonyl (C=O) groups excluding carboxylic acids is 1. The number of aromatic nitrogens is 2. The second kappa shape index (κ2) is 6.06. The maximum Gasteiger partial charge on any atom is 0.223 e. The van der Waals surface area contributed by atoms with Crippen LogP contribution in [0.2, 0.25) is 0 Å². The van der Waals surface area contributed by atoms with Crippen molar-refractivity contribution in [1.29, 1.82) is 0 Å². The molecular weight excluding hydrogens is 286 g/mol. The van der Waals surface area contributed by atoms with E-state index in [4.69, 9.17) is 11.6 Å². The number of alkyl halides is 1. The Labute approximate surface area is 129 Å². The zero-order valence-electron chi connectivity index (χ0n) is 12.2. The number of nitrogens with one attached hydrogen (secondary N) is 1. The summed E-state index contributed by atoms with van der Waals surface area (Å²) >= 11 is 5.88. The van der Waals surface area contributed by atoms with E-state index in [1.54, 1.807) is 0 Å². The van der Waals surface area contributed by atoms with Gasteiger partial charge in [-0.1, -0.05) is 6.07 Å². The Bertz CT molecular complexity index is 661. The third kappa shape index (κ3) is 3.21. The molecule has 1 saturated carbocycles. The van der Waals surface area contributed by atoms with E-state index in [2.05, 4.69) is 40.0 Å². The molecule has 4 nitrogen and oxygen atoms in total. The van der Waals surface area contributed by atoms with Gasteiger partial charge in [-0.15, -0.1) is 11.6 Å². The van der Waals surface area contributed by atoms with Crippen molar-refractivity contribution in [2.75, 3.05) is 12.4 Å². The molecule has 1 aliphatic carbocycles. The predicted molar refractivity (Wildman–Crippen MR) is 84.6 cm³/mol. The molecule has 0 aliphatic heterocycles. The zero-order chi connectivity index (χ0) is 14.8. The van der Waals surface area contributed by atoms with Gasteiger partial charge in [-0.25, -0.2) is 4.98 Å². The van der Waals surface area contributed by atoms with Crippen LogP contribution in [0.25, 0.3) is 11.0 Å². The minimum absolute atomic E-state index is 0.189. The largest absolute Gasteiger partial charge is 0.354 e. The Morgan fingerprint density at radius 1 is 1.48 bits per heavy atom. The average Bonchev–Trinajstić information content (AvgIpc) is 3.24. The summed E-state index contributed by atoms with van der Waals surface area (Å²) in [5, 5.41) is 3.01. The minimum atomic E-state index is 0.189. The number of nitrogens with zero attached hydrogens (tertiary/aromatic N) is 2. The number of benzene rings is 1. The lowest BCUT2D eigenvalue weighted by molar-refractivity contribution is -0.122. The number of hydrogen-bond acceptors (Lipinski definition) is 2. The molecule has 0 spiro atoms. The quantitative estimate of drug-likeness (QED) is 0.834. The molecule has 1 fully saturated rings. The number of amides is 1. The summed E-state index contributed by atoms with van der Waals surface area (Å²) in [5.74, 6) is 1.99. The van der Waals surface area contributed by atoms with E-state index >= 15 is 0 Å². The Morgan fingerprint density at radius 3 is 3.00 bits per heavy atom. The van der Waals surface area contributed by atoms with Crippen molar-refractivity contribution >= 4 is 28.5 Å². The summed E-state index contributed by atoms with van der Waals surface area (Å²) in [6, 6.07) is 6.28. The van der Waals surface area contributed by atoms with Gasteiger partial charge in [-0.05, 0) is 37.5 Å². The summed E-state index contributed by atoms with van der Waals surface area (Å²) in [5.41, 5.74) is 3.32. The van der Waals surface area contributed by atoms with E-state index in [-0.39, 0.29) is 11.8 Å². The van der Waals surface area contributed by atoms with Gasteiger partial charge in [0.25, 0.3) is 0 Å². The summed E-state index contributed by atoms with van der Waals surface area (Å²) in [7, 11) is 0. The molecule has 0 radical (unpaired) electrons. The highest BCUT2D eigenvalue weighted by Gasteiger charge is 2.29. The van der Waals surface area contributed by atoms with Crippen molar-refractivity contribution in [3.05, 3.63) is 29.6 Å². The normalized spacial score (nSPS) is 14.6. The Hall–Kier alpha value is -1.55. The summed E-state index contributed by atoms with van der Waals surface area (Å²) in [6.07, 6.45) is 2.82. The van der Waals surface area contributed by atoms with Crippen LogP contribution in [0.15, 0.2) is 18.2 Å². The van der Waals surface area contributed by atoms with Crippen LogP contribution in [0, 0.1) is 12.8 Å². The minimum Gasteiger partial charge on any atom is -0.354 e. The molecular formula is C16H20ClN3O. The van der Waals surface area contributed by atoms with E-state index < -0.39 is 0 Å². The first-order chi connectivity index (χ1) is 10.2. The monoisotopic (exact) mass is 305 g/mol. The predicted octanol–water partition coefficient (Wildman–Crippen LogP) is 2.65. The number of carbonyl (C=O) groups is 1. The fourth-order valence-electron chi connectivity index (χ4n) is 2.60. The van der Waals surface area contributed by atoms with E-state index in [0.29, 0.717) is 12.4 Å². The summed E-state index contributed by atoms with van der Waals surface area (Å²) in [6.45, 7) is 3.45. The highest BCUT2D eigenvalue weighted by atomic mass is 35.5. The van der Waals surface area contributed by atoms with Gasteiger partial charge in [0.15, 0.2) is 0 Å². The lowest BCUT2D eigenvalue weighted by atomic mass is 10.2. The van der Waals surface area contributed by atoms with Crippen LogP contribution in [-0.4, -0.2) is 27.9 Å². The zero-order valence-corrected chi connectivity index (χ0v) is 13.0. The molecule has 21 heavy (non-hydrogen) atoms. The highest BCUT2D eigenvalue weighted by molar-refractivity contribution is 6.17. The van der Waals surface area contributed by atoms with Gasteiger partial charge < -0.3 is 9.88 Å². The van der Waals surface area contributed by atoms with Crippen LogP contribution in [0.3, 0.4) is 0 Å². The standard InChI is InChI=1S/C16H20ClN3O/c1-11-2-5-14-13(10-11)19-15(6-7-17)20(14)9-8-18-16(21)12-3-4-12/h2,5,10,12H,3-4,6-9H2,1H3,(H,18,21). The van der Waals surface area contributed by atoms with E-state index in [0.717, 1.165) is 42.7 Å². The van der Waals surface area contributed by atoms with Crippen molar-refractivity contribution in [2.24, 2.45) is 5.92 Å². The lowest BCUT2D eigenvalue weighted by Crippen LogP contribution is -2.28. The Balaban J connectivity index is 1.77. The molecule has 1 N–H and O–H groups in total. The van der Waals surface area contributed by atoms with Gasteiger partial charge >= 0.3 is 0 Å². The van der Waals surface area contributed by atoms with Crippen molar-refractivity contribution in [3.63, 3.8) is 0 Å². The van der Waals surface area contributed by atoms with Gasteiger partial charge in [0.1, 0.15) is 5.82 Å². The molecule has 0 atom stereocenters. The molecule has 112 valence electrons. The van der Waals surface area contributed by atoms with Gasteiger partial charge in [-0.3, -0.25) is 4.79 Å². The SMILES string of the molecule is Cc1ccc2c(c1)nc(CCCl)n2CCNC(=O)C1CC1. The molecule has 3 rings (SSSR count). The molecule has 1 heterocycles. The van der Waals surface area contributed by atoms with Gasteiger partial charge in [0.2, 0.25) is 5.91 Å². The van der Waals surface area contributed by atoms with Crippen LogP contribution in [0.5, 0.6) is 0 Å². The third-order valence-corrected chi connectivity index (χ3v) is 4.07. The third-order valence-electron chi connectivity index (χ3n) is 3.88. The molecule has 5 heteroatoms. The number of fused-ring (bicyclic) bond motifs is 1. The van der Waals surface area contributed by atoms with Crippen LogP contribution < -0.4 is 5.32 Å². The molecule has 1 aliphatic rings. The van der Waals surface area contributed by atoms with Crippen LogP contribution >= 0.6 is 11.6 Å². The first-order valence-electron chi connectivity index (χ1n) is 7.48. The van der Waals surface area contributed by atoms with Crippen molar-refractivity contribution < 1.29 is 4.79 Å². The van der Waals surface area contributed by atoms with Gasteiger partial charge in [0, 0.05) is 31.3 Å². The number of hydrogen-bond donors (Lipinski definition) is 1. The van der Waals surface area contributed by atoms with E-state index in [1.807, 2.05) is 0 Å². The fourth-order valence-corrected chi connectivity index (χ4v) is 2.76. The van der Waals surface area contributed by atoms with Crippen LogP contribution in [-0.2, 0) is 17.8 Å². The van der Waals surface area contributed by atoms with E-state index in [9.17, 15) is 4.79 Å². The van der Waals surface area contributed by atoms with Crippen molar-refractivity contribution in [3.8, 4) is 0 Å². The molecule has 1 aromatic carbocycles. The number of aryl methyl sites for hydroxylation is 2. The summed E-state index contributed by atoms with van der Waals surface area (Å²) < 4.78 is 2.17. The number of rotatable bonds is 6. The molecule has 0 unspecified atom stereocenters. The van der Waals surface area contributed by atoms with E-state index in [1.165, 1.54) is 5.56 Å². The number of imidazole rings is 1. The maximum atomic E-state index is 11.7. The molecule has 0 saturated heterocycles. The number of halogens is 1. The van der Waals surface area contributed by atoms with Gasteiger partial charge in [-0.2, -0.15) is 0 Å². The fraction of sp³-hybridized carbons (Fsp3) is 0.500. The Morgan fingerprint density at radius 2 is 2.29 bits per heavy atom. The van der Waals surface area contributed by atoms with Crippen molar-refractivity contribution in [1.82, 2.24) is 14.9 Å². The second-order valence-corrected chi connectivity index (χ2v) is 6.05. The average molecular weight is 306 g/mol. The molecule has 0 bridgehead atoms. The molecule has 2 aromatic rings. The van der Waals surface area contributed by atoms with Crippen molar-refractivity contribution in [2.45, 2.75) is 32.7 Å². The Kier molecular flexibility index (Phi) is 4.15. The van der Waals surface area contributed by atoms with Crippen LogP contribution in [0.1, 0.15) is 24.2 Å². The first-order valence-corrected chi connectivity index (χ1v) is 8.02. The molecule has 1 amide bonds. The maximum absolute atomic E-state index is 11.7. The molecule has 1 aromatic heterocycles. The van der Waals surface area contributed by atoms with Crippen LogP contribution in [0.4, 0.5) is 0 Å². The topological polar surface area (TPSA) is 46.9 Å². The lowest BCUT2D eigenvalue weighted by Gasteiger charge is -2.09.